The second-order valence-corrected chi connectivity index (χ2v) is 5.15. The lowest BCUT2D eigenvalue weighted by Gasteiger charge is -2.07. The van der Waals surface area contributed by atoms with Crippen LogP contribution in [-0.4, -0.2) is 19.5 Å². The van der Waals surface area contributed by atoms with E-state index < -0.39 is 4.92 Å². The molecule has 0 unspecified atom stereocenters. The van der Waals surface area contributed by atoms with Crippen LogP contribution < -0.4 is 5.32 Å². The normalized spacial score (nSPS) is 10.9. The molecule has 3 rings (SSSR count). The molecule has 8 heteroatoms. The van der Waals surface area contributed by atoms with E-state index in [1.165, 1.54) is 18.2 Å². The Labute approximate surface area is 130 Å². The highest BCUT2D eigenvalue weighted by atomic mass is 19.1. The van der Waals surface area contributed by atoms with Crippen molar-refractivity contribution in [1.29, 1.82) is 0 Å². The number of imidazole rings is 1. The first kappa shape index (κ1) is 14.9. The van der Waals surface area contributed by atoms with E-state index in [0.29, 0.717) is 22.6 Å². The number of benzene rings is 1. The number of halogens is 1. The standard InChI is InChI=1S/C15H14FN5O2/c1-9-3-6-12(21(22)23)15(18-9)17-8-14-19-11-5-4-10(16)7-13(11)20(14)2/h3-7H,8H2,1-2H3,(H,17,18). The number of hydrogen-bond acceptors (Lipinski definition) is 5. The average molecular weight is 315 g/mol. The molecular weight excluding hydrogens is 301 g/mol. The maximum absolute atomic E-state index is 13.3. The Kier molecular flexibility index (Phi) is 3.65. The molecule has 7 nitrogen and oxygen atoms in total. The molecule has 2 aromatic heterocycles. The zero-order valence-electron chi connectivity index (χ0n) is 12.6. The van der Waals surface area contributed by atoms with Gasteiger partial charge in [0.15, 0.2) is 0 Å². The lowest BCUT2D eigenvalue weighted by Crippen LogP contribution is -2.09. The van der Waals surface area contributed by atoms with Crippen LogP contribution in [0.15, 0.2) is 30.3 Å². The largest absolute Gasteiger partial charge is 0.357 e. The molecule has 0 aliphatic heterocycles. The van der Waals surface area contributed by atoms with Crippen LogP contribution in [-0.2, 0) is 13.6 Å². The van der Waals surface area contributed by atoms with Crippen LogP contribution in [0.3, 0.4) is 0 Å². The Balaban J connectivity index is 1.91. The summed E-state index contributed by atoms with van der Waals surface area (Å²) in [6.45, 7) is 2.00. The minimum atomic E-state index is -0.487. The van der Waals surface area contributed by atoms with Gasteiger partial charge in [-0.1, -0.05) is 0 Å². The quantitative estimate of drug-likeness (QED) is 0.591. The van der Waals surface area contributed by atoms with Crippen molar-refractivity contribution in [1.82, 2.24) is 14.5 Å². The topological polar surface area (TPSA) is 85.9 Å². The SMILES string of the molecule is Cc1ccc([N+](=O)[O-])c(NCc2nc3ccc(F)cc3n2C)n1. The van der Waals surface area contributed by atoms with Crippen molar-refractivity contribution in [2.24, 2.45) is 7.05 Å². The Bertz CT molecular complexity index is 906. The van der Waals surface area contributed by atoms with Crippen LogP contribution in [0.5, 0.6) is 0 Å². The molecule has 0 saturated heterocycles. The third kappa shape index (κ3) is 2.83. The van der Waals surface area contributed by atoms with Gasteiger partial charge in [0.1, 0.15) is 11.6 Å². The van der Waals surface area contributed by atoms with E-state index in [-0.39, 0.29) is 23.9 Å². The van der Waals surface area contributed by atoms with Crippen LogP contribution in [0.1, 0.15) is 11.5 Å². The summed E-state index contributed by atoms with van der Waals surface area (Å²) >= 11 is 0. The molecule has 0 aliphatic rings. The fraction of sp³-hybridized carbons (Fsp3) is 0.200. The summed E-state index contributed by atoms with van der Waals surface area (Å²) in [6, 6.07) is 7.34. The second kappa shape index (κ2) is 5.64. The van der Waals surface area contributed by atoms with E-state index >= 15 is 0 Å². The van der Waals surface area contributed by atoms with E-state index in [9.17, 15) is 14.5 Å². The molecule has 0 amide bonds. The highest BCUT2D eigenvalue weighted by Crippen LogP contribution is 2.23. The lowest BCUT2D eigenvalue weighted by atomic mass is 10.3. The molecule has 118 valence electrons. The summed E-state index contributed by atoms with van der Waals surface area (Å²) in [7, 11) is 1.77. The number of aromatic nitrogens is 3. The van der Waals surface area contributed by atoms with Crippen molar-refractivity contribution in [3.63, 3.8) is 0 Å². The maximum Gasteiger partial charge on any atom is 0.311 e. The highest BCUT2D eigenvalue weighted by molar-refractivity contribution is 5.76. The lowest BCUT2D eigenvalue weighted by molar-refractivity contribution is -0.384. The van der Waals surface area contributed by atoms with Gasteiger partial charge in [0, 0.05) is 18.8 Å². The molecular formula is C15H14FN5O2. The summed E-state index contributed by atoms with van der Waals surface area (Å²) in [6.07, 6.45) is 0. The molecule has 0 fully saturated rings. The molecule has 0 bridgehead atoms. The van der Waals surface area contributed by atoms with Crippen molar-refractivity contribution >= 4 is 22.5 Å². The second-order valence-electron chi connectivity index (χ2n) is 5.15. The number of anilines is 1. The smallest absolute Gasteiger partial charge is 0.311 e. The summed E-state index contributed by atoms with van der Waals surface area (Å²) < 4.78 is 15.1. The molecule has 0 spiro atoms. The average Bonchev–Trinajstić information content (AvgIpc) is 2.81. The van der Waals surface area contributed by atoms with Crippen molar-refractivity contribution in [2.75, 3.05) is 5.32 Å². The molecule has 1 N–H and O–H groups in total. The van der Waals surface area contributed by atoms with Crippen molar-refractivity contribution in [2.45, 2.75) is 13.5 Å². The number of hydrogen-bond donors (Lipinski definition) is 1. The predicted octanol–water partition coefficient (Wildman–Crippen LogP) is 2.94. The Morgan fingerprint density at radius 3 is 2.83 bits per heavy atom. The monoisotopic (exact) mass is 315 g/mol. The Hall–Kier alpha value is -3.03. The molecule has 1 aromatic carbocycles. The number of nitrogens with one attached hydrogen (secondary N) is 1. The van der Waals surface area contributed by atoms with Crippen molar-refractivity contribution in [3.05, 3.63) is 57.8 Å². The number of fused-ring (bicyclic) bond motifs is 1. The third-order valence-electron chi connectivity index (χ3n) is 3.56. The summed E-state index contributed by atoms with van der Waals surface area (Å²) in [5, 5.41) is 14.0. The first-order valence-electron chi connectivity index (χ1n) is 6.92. The van der Waals surface area contributed by atoms with Gasteiger partial charge < -0.3 is 9.88 Å². The summed E-state index contributed by atoms with van der Waals surface area (Å²) in [5.41, 5.74) is 1.90. The molecule has 23 heavy (non-hydrogen) atoms. The zero-order valence-corrected chi connectivity index (χ0v) is 12.6. The number of pyridine rings is 1. The van der Waals surface area contributed by atoms with Gasteiger partial charge in [-0.25, -0.2) is 14.4 Å². The Morgan fingerprint density at radius 2 is 2.09 bits per heavy atom. The molecule has 3 aromatic rings. The first-order chi connectivity index (χ1) is 11.0. The van der Waals surface area contributed by atoms with Gasteiger partial charge in [0.2, 0.25) is 5.82 Å². The fourth-order valence-corrected chi connectivity index (χ4v) is 2.36. The summed E-state index contributed by atoms with van der Waals surface area (Å²) in [5.74, 6) is 0.479. The minimum absolute atomic E-state index is 0.0968. The maximum atomic E-state index is 13.3. The van der Waals surface area contributed by atoms with Gasteiger partial charge in [0.05, 0.1) is 22.5 Å². The minimum Gasteiger partial charge on any atom is -0.357 e. The molecule has 0 saturated carbocycles. The Morgan fingerprint density at radius 1 is 1.30 bits per heavy atom. The first-order valence-corrected chi connectivity index (χ1v) is 6.92. The molecule has 0 radical (unpaired) electrons. The van der Waals surface area contributed by atoms with Crippen LogP contribution in [0.25, 0.3) is 11.0 Å². The van der Waals surface area contributed by atoms with Crippen LogP contribution in [0, 0.1) is 22.9 Å². The highest BCUT2D eigenvalue weighted by Gasteiger charge is 2.16. The number of nitrogens with zero attached hydrogens (tertiary/aromatic N) is 4. The van der Waals surface area contributed by atoms with E-state index in [4.69, 9.17) is 0 Å². The number of nitro groups is 1. The fourth-order valence-electron chi connectivity index (χ4n) is 2.36. The molecule has 0 aliphatic carbocycles. The zero-order chi connectivity index (χ0) is 16.6. The van der Waals surface area contributed by atoms with E-state index in [2.05, 4.69) is 15.3 Å². The van der Waals surface area contributed by atoms with E-state index in [0.717, 1.165) is 0 Å². The van der Waals surface area contributed by atoms with Gasteiger partial charge in [-0.3, -0.25) is 10.1 Å². The number of aryl methyl sites for hydroxylation is 2. The predicted molar refractivity (Wildman–Crippen MR) is 83.6 cm³/mol. The van der Waals surface area contributed by atoms with E-state index in [1.54, 1.807) is 30.7 Å². The van der Waals surface area contributed by atoms with Crippen LogP contribution >= 0.6 is 0 Å². The number of rotatable bonds is 4. The van der Waals surface area contributed by atoms with Gasteiger partial charge >= 0.3 is 5.69 Å². The van der Waals surface area contributed by atoms with Crippen molar-refractivity contribution in [3.8, 4) is 0 Å². The van der Waals surface area contributed by atoms with E-state index in [1.807, 2.05) is 0 Å². The van der Waals surface area contributed by atoms with Gasteiger partial charge in [0.25, 0.3) is 0 Å². The third-order valence-corrected chi connectivity index (χ3v) is 3.56. The molecule has 0 atom stereocenters. The van der Waals surface area contributed by atoms with Crippen molar-refractivity contribution < 1.29 is 9.31 Å². The van der Waals surface area contributed by atoms with Gasteiger partial charge in [-0.15, -0.1) is 0 Å². The molecule has 2 heterocycles. The van der Waals surface area contributed by atoms with Gasteiger partial charge in [-0.2, -0.15) is 0 Å². The van der Waals surface area contributed by atoms with Crippen LogP contribution in [0.4, 0.5) is 15.9 Å². The summed E-state index contributed by atoms with van der Waals surface area (Å²) in [4.78, 5) is 19.1. The van der Waals surface area contributed by atoms with Crippen LogP contribution in [0.2, 0.25) is 0 Å². The van der Waals surface area contributed by atoms with Gasteiger partial charge in [-0.05, 0) is 31.2 Å².